The number of halogens is 1. The van der Waals surface area contributed by atoms with Crippen molar-refractivity contribution < 1.29 is 13.2 Å². The van der Waals surface area contributed by atoms with Crippen LogP contribution in [0.25, 0.3) is 0 Å². The van der Waals surface area contributed by atoms with E-state index in [4.69, 9.17) is 15.4 Å². The fourth-order valence-corrected chi connectivity index (χ4v) is 2.38. The average Bonchev–Trinajstić information content (AvgIpc) is 2.17. The van der Waals surface area contributed by atoms with Gasteiger partial charge < -0.3 is 4.74 Å². The highest BCUT2D eigenvalue weighted by atomic mass is 35.7. The van der Waals surface area contributed by atoms with Crippen LogP contribution in [0.15, 0.2) is 29.2 Å². The molecule has 0 radical (unpaired) electrons. The Balaban J connectivity index is 3.03. The second-order valence-corrected chi connectivity index (χ2v) is 6.47. The average molecular weight is 263 g/mol. The van der Waals surface area contributed by atoms with E-state index in [9.17, 15) is 8.42 Å². The van der Waals surface area contributed by atoms with Gasteiger partial charge in [-0.25, -0.2) is 8.42 Å². The summed E-state index contributed by atoms with van der Waals surface area (Å²) < 4.78 is 27.4. The van der Waals surface area contributed by atoms with E-state index in [0.29, 0.717) is 5.92 Å². The minimum Gasteiger partial charge on any atom is -0.376 e. The summed E-state index contributed by atoms with van der Waals surface area (Å²) in [4.78, 5) is 0.108. The third-order valence-corrected chi connectivity index (χ3v) is 3.72. The molecular formula is C11H15ClO3S. The summed E-state index contributed by atoms with van der Waals surface area (Å²) in [7, 11) is 3.22. The van der Waals surface area contributed by atoms with Crippen LogP contribution >= 0.6 is 10.7 Å². The smallest absolute Gasteiger partial charge is 0.261 e. The van der Waals surface area contributed by atoms with Crippen LogP contribution in [0.3, 0.4) is 0 Å². The fraction of sp³-hybridized carbons (Fsp3) is 0.455. The topological polar surface area (TPSA) is 43.4 Å². The number of benzene rings is 1. The normalized spacial score (nSPS) is 14.1. The van der Waals surface area contributed by atoms with Crippen molar-refractivity contribution in [3.63, 3.8) is 0 Å². The van der Waals surface area contributed by atoms with Crippen LogP contribution in [0.1, 0.15) is 25.5 Å². The summed E-state index contributed by atoms with van der Waals surface area (Å²) >= 11 is 0. The Morgan fingerprint density at radius 2 is 1.69 bits per heavy atom. The first kappa shape index (κ1) is 13.5. The number of methoxy groups -OCH3 is 1. The van der Waals surface area contributed by atoms with Crippen LogP contribution in [-0.4, -0.2) is 15.5 Å². The molecule has 1 aromatic rings. The van der Waals surface area contributed by atoms with Crippen LogP contribution in [0.4, 0.5) is 0 Å². The molecule has 0 aromatic heterocycles. The Morgan fingerprint density at radius 1 is 1.19 bits per heavy atom. The molecule has 0 amide bonds. The van der Waals surface area contributed by atoms with Gasteiger partial charge in [-0.2, -0.15) is 0 Å². The number of ether oxygens (including phenoxy) is 1. The van der Waals surface area contributed by atoms with Crippen molar-refractivity contribution in [2.45, 2.75) is 24.8 Å². The Bertz CT molecular complexity index is 437. The monoisotopic (exact) mass is 262 g/mol. The van der Waals surface area contributed by atoms with Crippen molar-refractivity contribution in [1.82, 2.24) is 0 Å². The summed E-state index contributed by atoms with van der Waals surface area (Å²) in [5, 5.41) is 0. The van der Waals surface area contributed by atoms with Crippen molar-refractivity contribution in [2.24, 2.45) is 5.92 Å². The molecule has 1 atom stereocenters. The van der Waals surface area contributed by atoms with Gasteiger partial charge in [-0.1, -0.05) is 26.0 Å². The molecular weight excluding hydrogens is 248 g/mol. The molecule has 0 aliphatic carbocycles. The number of rotatable bonds is 4. The Morgan fingerprint density at radius 3 is 2.00 bits per heavy atom. The molecule has 3 nitrogen and oxygen atoms in total. The molecule has 1 rings (SSSR count). The van der Waals surface area contributed by atoms with Gasteiger partial charge in [0.25, 0.3) is 9.05 Å². The van der Waals surface area contributed by atoms with E-state index in [2.05, 4.69) is 0 Å². The van der Waals surface area contributed by atoms with Gasteiger partial charge in [-0.15, -0.1) is 0 Å². The summed E-state index contributed by atoms with van der Waals surface area (Å²) in [6, 6.07) is 6.44. The van der Waals surface area contributed by atoms with Gasteiger partial charge in [-0.05, 0) is 23.6 Å². The summed E-state index contributed by atoms with van der Waals surface area (Å²) in [6.45, 7) is 4.08. The fourth-order valence-electron chi connectivity index (χ4n) is 1.61. The van der Waals surface area contributed by atoms with E-state index in [1.807, 2.05) is 13.8 Å². The lowest BCUT2D eigenvalue weighted by atomic mass is 9.99. The molecule has 0 aliphatic heterocycles. The van der Waals surface area contributed by atoms with Gasteiger partial charge in [-0.3, -0.25) is 0 Å². The molecule has 90 valence electrons. The number of hydrogen-bond acceptors (Lipinski definition) is 3. The molecule has 16 heavy (non-hydrogen) atoms. The van der Waals surface area contributed by atoms with Crippen LogP contribution in [0, 0.1) is 5.92 Å². The molecule has 0 fully saturated rings. The molecule has 0 aliphatic rings. The van der Waals surface area contributed by atoms with Crippen molar-refractivity contribution in [2.75, 3.05) is 7.11 Å². The zero-order valence-corrected chi connectivity index (χ0v) is 11.0. The van der Waals surface area contributed by atoms with Crippen molar-refractivity contribution in [3.8, 4) is 0 Å². The lowest BCUT2D eigenvalue weighted by Gasteiger charge is -2.19. The maximum atomic E-state index is 11.1. The maximum Gasteiger partial charge on any atom is 0.261 e. The van der Waals surface area contributed by atoms with Crippen molar-refractivity contribution >= 4 is 19.7 Å². The largest absolute Gasteiger partial charge is 0.376 e. The van der Waals surface area contributed by atoms with E-state index in [-0.39, 0.29) is 11.0 Å². The van der Waals surface area contributed by atoms with Crippen molar-refractivity contribution in [3.05, 3.63) is 29.8 Å². The van der Waals surface area contributed by atoms with Crippen LogP contribution < -0.4 is 0 Å². The highest BCUT2D eigenvalue weighted by Crippen LogP contribution is 2.26. The molecule has 0 spiro atoms. The zero-order valence-electron chi connectivity index (χ0n) is 9.48. The highest BCUT2D eigenvalue weighted by Gasteiger charge is 2.16. The lowest BCUT2D eigenvalue weighted by molar-refractivity contribution is 0.0646. The molecule has 0 saturated heterocycles. The highest BCUT2D eigenvalue weighted by molar-refractivity contribution is 8.13. The molecule has 1 aromatic carbocycles. The van der Waals surface area contributed by atoms with Crippen LogP contribution in [0.2, 0.25) is 0 Å². The molecule has 0 N–H and O–H groups in total. The predicted octanol–water partition coefficient (Wildman–Crippen LogP) is 2.96. The van der Waals surface area contributed by atoms with Crippen molar-refractivity contribution in [1.29, 1.82) is 0 Å². The zero-order chi connectivity index (χ0) is 12.3. The first-order valence-electron chi connectivity index (χ1n) is 4.93. The minimum absolute atomic E-state index is 0.0351. The molecule has 0 heterocycles. The Labute approximate surface area is 101 Å². The Hall–Kier alpha value is -0.580. The van der Waals surface area contributed by atoms with Gasteiger partial charge in [0.15, 0.2) is 0 Å². The summed E-state index contributed by atoms with van der Waals surface area (Å²) in [6.07, 6.45) is -0.0351. The van der Waals surface area contributed by atoms with E-state index >= 15 is 0 Å². The van der Waals surface area contributed by atoms with Crippen LogP contribution in [-0.2, 0) is 13.8 Å². The van der Waals surface area contributed by atoms with Crippen LogP contribution in [0.5, 0.6) is 0 Å². The van der Waals surface area contributed by atoms with E-state index in [1.54, 1.807) is 19.2 Å². The van der Waals surface area contributed by atoms with Gasteiger partial charge in [0, 0.05) is 17.8 Å². The van der Waals surface area contributed by atoms with Gasteiger partial charge in [0.1, 0.15) is 0 Å². The second-order valence-electron chi connectivity index (χ2n) is 3.91. The lowest BCUT2D eigenvalue weighted by Crippen LogP contribution is -2.08. The summed E-state index contributed by atoms with van der Waals surface area (Å²) in [5.41, 5.74) is 0.946. The summed E-state index contributed by atoms with van der Waals surface area (Å²) in [5.74, 6) is 0.323. The standard InChI is InChI=1S/C11H15ClO3S/c1-8(2)11(15-3)9-4-6-10(7-5-9)16(12,13)14/h4-8,11H,1-3H3. The van der Waals surface area contributed by atoms with E-state index < -0.39 is 9.05 Å². The maximum absolute atomic E-state index is 11.1. The van der Waals surface area contributed by atoms with E-state index in [0.717, 1.165) is 5.56 Å². The number of hydrogen-bond donors (Lipinski definition) is 0. The molecule has 5 heteroatoms. The quantitative estimate of drug-likeness (QED) is 0.784. The van der Waals surface area contributed by atoms with Gasteiger partial charge in [0.2, 0.25) is 0 Å². The third kappa shape index (κ3) is 3.20. The second kappa shape index (κ2) is 5.17. The minimum atomic E-state index is -3.64. The SMILES string of the molecule is COC(c1ccc(S(=O)(=O)Cl)cc1)C(C)C. The molecule has 0 saturated carbocycles. The molecule has 1 unspecified atom stereocenters. The van der Waals surface area contributed by atoms with E-state index in [1.165, 1.54) is 12.1 Å². The molecule has 0 bridgehead atoms. The van der Waals surface area contributed by atoms with Gasteiger partial charge >= 0.3 is 0 Å². The third-order valence-electron chi connectivity index (χ3n) is 2.35. The first-order chi connectivity index (χ1) is 7.36. The van der Waals surface area contributed by atoms with Gasteiger partial charge in [0.05, 0.1) is 11.0 Å². The predicted molar refractivity (Wildman–Crippen MR) is 64.1 cm³/mol. The first-order valence-corrected chi connectivity index (χ1v) is 7.24. The Kier molecular flexibility index (Phi) is 4.35.